The Balaban J connectivity index is 1.81. The van der Waals surface area contributed by atoms with E-state index in [2.05, 4.69) is 19.2 Å². The Morgan fingerprint density at radius 3 is 2.67 bits per heavy atom. The molecule has 1 aromatic carbocycles. The third kappa shape index (κ3) is 3.64. The minimum absolute atomic E-state index is 0.0709. The van der Waals surface area contributed by atoms with Gasteiger partial charge in [-0.2, -0.15) is 0 Å². The van der Waals surface area contributed by atoms with Crippen LogP contribution in [0.25, 0.3) is 0 Å². The topological polar surface area (TPSA) is 44.8 Å². The van der Waals surface area contributed by atoms with Crippen molar-refractivity contribution in [1.82, 2.24) is 10.2 Å². The van der Waals surface area contributed by atoms with E-state index in [1.807, 2.05) is 34.1 Å². The van der Waals surface area contributed by atoms with E-state index in [-0.39, 0.29) is 11.9 Å². The van der Waals surface area contributed by atoms with Gasteiger partial charge >= 0.3 is 0 Å². The maximum absolute atomic E-state index is 12.9. The number of benzene rings is 1. The van der Waals surface area contributed by atoms with Crippen LogP contribution in [-0.2, 0) is 4.79 Å². The second kappa shape index (κ2) is 7.38. The molecule has 0 radical (unpaired) electrons. The second-order valence-electron chi connectivity index (χ2n) is 6.67. The van der Waals surface area contributed by atoms with Crippen LogP contribution in [0.3, 0.4) is 0 Å². The first-order valence-electron chi connectivity index (χ1n) is 8.69. The van der Waals surface area contributed by atoms with E-state index >= 15 is 0 Å². The van der Waals surface area contributed by atoms with Crippen LogP contribution in [0.15, 0.2) is 24.3 Å². The zero-order valence-electron chi connectivity index (χ0n) is 14.3. The molecule has 0 aliphatic carbocycles. The van der Waals surface area contributed by atoms with Gasteiger partial charge in [0, 0.05) is 19.1 Å². The molecule has 2 aliphatic rings. The van der Waals surface area contributed by atoms with Crippen LogP contribution in [0.1, 0.15) is 33.1 Å². The zero-order valence-corrected chi connectivity index (χ0v) is 15.1. The summed E-state index contributed by atoms with van der Waals surface area (Å²) in [7, 11) is 0. The van der Waals surface area contributed by atoms with E-state index in [0.717, 1.165) is 31.6 Å². The highest BCUT2D eigenvalue weighted by atomic mass is 32.1. The lowest BCUT2D eigenvalue weighted by atomic mass is 10.1. The molecule has 0 aromatic heterocycles. The fourth-order valence-corrected chi connectivity index (χ4v) is 3.61. The van der Waals surface area contributed by atoms with Crippen molar-refractivity contribution in [1.29, 1.82) is 0 Å². The van der Waals surface area contributed by atoms with Crippen LogP contribution in [-0.4, -0.2) is 47.7 Å². The van der Waals surface area contributed by atoms with Crippen molar-refractivity contribution in [3.05, 3.63) is 24.3 Å². The number of carbonyl (C=O) groups is 1. The lowest BCUT2D eigenvalue weighted by molar-refractivity contribution is -0.139. The van der Waals surface area contributed by atoms with Crippen molar-refractivity contribution in [2.24, 2.45) is 0 Å². The molecule has 24 heavy (non-hydrogen) atoms. The number of thiocarbonyl (C=S) groups is 1. The van der Waals surface area contributed by atoms with Crippen LogP contribution >= 0.6 is 12.2 Å². The Bertz CT molecular complexity index is 614. The summed E-state index contributed by atoms with van der Waals surface area (Å²) >= 11 is 5.56. The van der Waals surface area contributed by atoms with Crippen LogP contribution in [0.2, 0.25) is 0 Å². The number of nitrogens with one attached hydrogen (secondary N) is 1. The highest BCUT2D eigenvalue weighted by Gasteiger charge is 2.35. The lowest BCUT2D eigenvalue weighted by Crippen LogP contribution is -2.55. The molecule has 0 bridgehead atoms. The van der Waals surface area contributed by atoms with Crippen molar-refractivity contribution in [2.75, 3.05) is 24.5 Å². The fraction of sp³-hybridized carbons (Fsp3) is 0.556. The van der Waals surface area contributed by atoms with Crippen molar-refractivity contribution in [2.45, 2.75) is 45.3 Å². The van der Waals surface area contributed by atoms with Gasteiger partial charge in [0.05, 0.1) is 12.2 Å². The predicted molar refractivity (Wildman–Crippen MR) is 99.5 cm³/mol. The van der Waals surface area contributed by atoms with Gasteiger partial charge in [-0.3, -0.25) is 4.79 Å². The number of hydrogen-bond acceptors (Lipinski definition) is 3. The first-order chi connectivity index (χ1) is 11.6. The molecule has 0 saturated carbocycles. The van der Waals surface area contributed by atoms with Gasteiger partial charge in [-0.05, 0) is 57.5 Å². The van der Waals surface area contributed by atoms with E-state index in [1.54, 1.807) is 0 Å². The monoisotopic (exact) mass is 347 g/mol. The largest absolute Gasteiger partial charge is 0.476 e. The summed E-state index contributed by atoms with van der Waals surface area (Å²) in [5, 5.41) is 3.91. The maximum atomic E-state index is 12.9. The van der Waals surface area contributed by atoms with Gasteiger partial charge in [-0.1, -0.05) is 12.1 Å². The SMILES string of the molecule is CC(C)NC(=S)N1C[C@H](C(=O)N2CCCCC2)Oc2ccccc21. The highest BCUT2D eigenvalue weighted by molar-refractivity contribution is 7.80. The Hall–Kier alpha value is -1.82. The molecule has 1 fully saturated rings. The van der Waals surface area contributed by atoms with E-state index in [1.165, 1.54) is 6.42 Å². The number of carbonyl (C=O) groups excluding carboxylic acids is 1. The van der Waals surface area contributed by atoms with E-state index in [4.69, 9.17) is 17.0 Å². The normalized spacial score (nSPS) is 20.4. The van der Waals surface area contributed by atoms with Crippen molar-refractivity contribution in [3.8, 4) is 5.75 Å². The summed E-state index contributed by atoms with van der Waals surface area (Å²) < 4.78 is 6.01. The number of ether oxygens (including phenoxy) is 1. The molecule has 3 rings (SSSR count). The molecule has 0 unspecified atom stereocenters. The summed E-state index contributed by atoms with van der Waals surface area (Å²) in [5.74, 6) is 0.786. The van der Waals surface area contributed by atoms with Gasteiger partial charge in [-0.25, -0.2) is 0 Å². The van der Waals surface area contributed by atoms with E-state index < -0.39 is 6.10 Å². The number of fused-ring (bicyclic) bond motifs is 1. The molecule has 1 atom stereocenters. The van der Waals surface area contributed by atoms with Crippen molar-refractivity contribution < 1.29 is 9.53 Å². The summed E-state index contributed by atoms with van der Waals surface area (Å²) in [5.41, 5.74) is 0.915. The van der Waals surface area contributed by atoms with Gasteiger partial charge in [0.15, 0.2) is 11.2 Å². The minimum Gasteiger partial charge on any atom is -0.476 e. The minimum atomic E-state index is -0.509. The molecule has 5 nitrogen and oxygen atoms in total. The molecular weight excluding hydrogens is 322 g/mol. The average molecular weight is 347 g/mol. The summed E-state index contributed by atoms with van der Waals surface area (Å²) in [4.78, 5) is 16.8. The molecule has 1 aromatic rings. The number of piperidine rings is 1. The molecule has 6 heteroatoms. The first kappa shape index (κ1) is 17.0. The molecule has 1 amide bonds. The Morgan fingerprint density at radius 2 is 1.96 bits per heavy atom. The number of anilines is 1. The number of para-hydroxylation sites is 2. The van der Waals surface area contributed by atoms with Crippen molar-refractivity contribution in [3.63, 3.8) is 0 Å². The predicted octanol–water partition coefficient (Wildman–Crippen LogP) is 2.55. The molecule has 130 valence electrons. The third-order valence-corrected chi connectivity index (χ3v) is 4.71. The zero-order chi connectivity index (χ0) is 17.1. The van der Waals surface area contributed by atoms with Crippen LogP contribution < -0.4 is 15.0 Å². The number of hydrogen-bond donors (Lipinski definition) is 1. The summed E-state index contributed by atoms with van der Waals surface area (Å²) in [6.07, 6.45) is 2.84. The van der Waals surface area contributed by atoms with Crippen LogP contribution in [0, 0.1) is 0 Å². The lowest BCUT2D eigenvalue weighted by Gasteiger charge is -2.38. The third-order valence-electron chi connectivity index (χ3n) is 4.37. The van der Waals surface area contributed by atoms with Crippen LogP contribution in [0.4, 0.5) is 5.69 Å². The maximum Gasteiger partial charge on any atom is 0.265 e. The highest BCUT2D eigenvalue weighted by Crippen LogP contribution is 2.33. The van der Waals surface area contributed by atoms with Gasteiger partial charge in [0.1, 0.15) is 5.75 Å². The molecule has 2 aliphatic heterocycles. The molecule has 1 saturated heterocycles. The Kier molecular flexibility index (Phi) is 5.23. The standard InChI is InChI=1S/C18H25N3O2S/c1-13(2)19-18(24)21-12-16(17(22)20-10-6-3-7-11-20)23-15-9-5-4-8-14(15)21/h4-5,8-9,13,16H,3,6-7,10-12H2,1-2H3,(H,19,24)/t16-/m1/s1. The Morgan fingerprint density at radius 1 is 1.25 bits per heavy atom. The quantitative estimate of drug-likeness (QED) is 0.833. The number of rotatable bonds is 2. The van der Waals surface area contributed by atoms with Gasteiger partial charge < -0.3 is 19.9 Å². The van der Waals surface area contributed by atoms with E-state index in [0.29, 0.717) is 17.4 Å². The molecular formula is C18H25N3O2S. The Labute approximate surface area is 149 Å². The average Bonchev–Trinajstić information content (AvgIpc) is 2.60. The number of amides is 1. The fourth-order valence-electron chi connectivity index (χ4n) is 3.20. The molecule has 0 spiro atoms. The van der Waals surface area contributed by atoms with Crippen LogP contribution in [0.5, 0.6) is 5.75 Å². The van der Waals surface area contributed by atoms with Gasteiger partial charge in [0.2, 0.25) is 0 Å². The first-order valence-corrected chi connectivity index (χ1v) is 9.09. The number of nitrogens with zero attached hydrogens (tertiary/aromatic N) is 2. The van der Waals surface area contributed by atoms with Gasteiger partial charge in [-0.15, -0.1) is 0 Å². The molecule has 2 heterocycles. The van der Waals surface area contributed by atoms with Crippen molar-refractivity contribution >= 4 is 28.9 Å². The summed E-state index contributed by atoms with van der Waals surface area (Å²) in [6, 6.07) is 7.99. The molecule has 1 N–H and O–H groups in total. The van der Waals surface area contributed by atoms with E-state index in [9.17, 15) is 4.79 Å². The number of likely N-dealkylation sites (tertiary alicyclic amines) is 1. The smallest absolute Gasteiger partial charge is 0.265 e. The second-order valence-corrected chi connectivity index (χ2v) is 7.06. The van der Waals surface area contributed by atoms with Gasteiger partial charge in [0.25, 0.3) is 5.91 Å². The summed E-state index contributed by atoms with van der Waals surface area (Å²) in [6.45, 7) is 6.21.